The number of hydrogen-bond donors (Lipinski definition) is 0. The number of rotatable bonds is 5. The molecule has 0 N–H and O–H groups in total. The fourth-order valence-corrected chi connectivity index (χ4v) is 2.54. The quantitative estimate of drug-likeness (QED) is 0.841. The number of thiazole rings is 1. The number of hydrogen-bond acceptors (Lipinski definition) is 5. The van der Waals surface area contributed by atoms with Gasteiger partial charge in [-0.1, -0.05) is 6.07 Å². The van der Waals surface area contributed by atoms with Gasteiger partial charge >= 0.3 is 0 Å². The summed E-state index contributed by atoms with van der Waals surface area (Å²) in [5, 5.41) is 0.947. The molecule has 0 fully saturated rings. The third kappa shape index (κ3) is 2.98. The zero-order valence-corrected chi connectivity index (χ0v) is 12.3. The molecule has 0 bridgehead atoms. The second-order valence-corrected chi connectivity index (χ2v) is 5.32. The molecule has 0 spiro atoms. The van der Waals surface area contributed by atoms with Gasteiger partial charge in [0.05, 0.1) is 19.9 Å². The first-order valence-corrected chi connectivity index (χ1v) is 6.74. The molecule has 19 heavy (non-hydrogen) atoms. The van der Waals surface area contributed by atoms with Gasteiger partial charge in [-0.2, -0.15) is 0 Å². The largest absolute Gasteiger partial charge is 0.493 e. The second kappa shape index (κ2) is 5.93. The fraction of sp³-hybridized carbons (Fsp3) is 0.357. The molecular weight excluding hydrogens is 262 g/mol. The molecule has 0 atom stereocenters. The Morgan fingerprint density at radius 2 is 1.74 bits per heavy atom. The van der Waals surface area contributed by atoms with Crippen molar-refractivity contribution in [3.63, 3.8) is 0 Å². The van der Waals surface area contributed by atoms with Crippen molar-refractivity contribution in [3.8, 4) is 17.2 Å². The number of ether oxygens (including phenoxy) is 3. The molecule has 4 nitrogen and oxygen atoms in total. The Balaban J connectivity index is 2.18. The van der Waals surface area contributed by atoms with Crippen molar-refractivity contribution in [3.05, 3.63) is 33.8 Å². The van der Waals surface area contributed by atoms with Gasteiger partial charge < -0.3 is 14.2 Å². The Morgan fingerprint density at radius 3 is 2.21 bits per heavy atom. The zero-order valence-electron chi connectivity index (χ0n) is 11.5. The molecule has 2 rings (SSSR count). The van der Waals surface area contributed by atoms with Gasteiger partial charge in [0.15, 0.2) is 11.5 Å². The number of para-hydroxylation sites is 1. The van der Waals surface area contributed by atoms with Crippen LogP contribution in [-0.4, -0.2) is 19.2 Å². The predicted molar refractivity (Wildman–Crippen MR) is 75.5 cm³/mol. The summed E-state index contributed by atoms with van der Waals surface area (Å²) in [6.07, 6.45) is 0. The van der Waals surface area contributed by atoms with Crippen molar-refractivity contribution < 1.29 is 14.2 Å². The van der Waals surface area contributed by atoms with Crippen LogP contribution in [0.3, 0.4) is 0 Å². The minimum Gasteiger partial charge on any atom is -0.493 e. The van der Waals surface area contributed by atoms with Crippen LogP contribution in [0.25, 0.3) is 0 Å². The average Bonchev–Trinajstić information content (AvgIpc) is 2.75. The zero-order chi connectivity index (χ0) is 13.8. The molecule has 0 saturated heterocycles. The van der Waals surface area contributed by atoms with Crippen LogP contribution in [0, 0.1) is 13.8 Å². The first-order valence-electron chi connectivity index (χ1n) is 5.92. The Labute approximate surface area is 117 Å². The van der Waals surface area contributed by atoms with Gasteiger partial charge in [0.1, 0.15) is 11.6 Å². The minimum atomic E-state index is 0.413. The van der Waals surface area contributed by atoms with Crippen LogP contribution in [0.5, 0.6) is 17.2 Å². The van der Waals surface area contributed by atoms with E-state index in [0.29, 0.717) is 23.9 Å². The lowest BCUT2D eigenvalue weighted by atomic mass is 10.3. The summed E-state index contributed by atoms with van der Waals surface area (Å²) in [7, 11) is 3.22. The van der Waals surface area contributed by atoms with Crippen LogP contribution in [0.15, 0.2) is 18.2 Å². The molecule has 5 heteroatoms. The van der Waals surface area contributed by atoms with Gasteiger partial charge in [0, 0.05) is 4.88 Å². The summed E-state index contributed by atoms with van der Waals surface area (Å²) < 4.78 is 16.4. The second-order valence-electron chi connectivity index (χ2n) is 4.03. The van der Waals surface area contributed by atoms with Crippen molar-refractivity contribution in [2.75, 3.05) is 14.2 Å². The van der Waals surface area contributed by atoms with Crippen LogP contribution in [-0.2, 0) is 6.61 Å². The average molecular weight is 279 g/mol. The number of nitrogens with zero attached hydrogens (tertiary/aromatic N) is 1. The van der Waals surface area contributed by atoms with E-state index in [-0.39, 0.29) is 0 Å². The van der Waals surface area contributed by atoms with E-state index in [0.717, 1.165) is 10.7 Å². The topological polar surface area (TPSA) is 40.6 Å². The van der Waals surface area contributed by atoms with Gasteiger partial charge in [-0.25, -0.2) is 4.98 Å². The van der Waals surface area contributed by atoms with Crippen LogP contribution < -0.4 is 14.2 Å². The van der Waals surface area contributed by atoms with E-state index in [2.05, 4.69) is 11.9 Å². The third-order valence-electron chi connectivity index (χ3n) is 2.80. The van der Waals surface area contributed by atoms with Gasteiger partial charge in [-0.15, -0.1) is 11.3 Å². The molecular formula is C14H17NO3S. The van der Waals surface area contributed by atoms with Gasteiger partial charge in [-0.3, -0.25) is 0 Å². The highest BCUT2D eigenvalue weighted by molar-refractivity contribution is 7.11. The summed E-state index contributed by atoms with van der Waals surface area (Å²) in [6, 6.07) is 5.55. The van der Waals surface area contributed by atoms with Gasteiger partial charge in [0.25, 0.3) is 0 Å². The molecule has 0 amide bonds. The van der Waals surface area contributed by atoms with Crippen molar-refractivity contribution in [2.24, 2.45) is 0 Å². The lowest BCUT2D eigenvalue weighted by Crippen LogP contribution is -1.99. The molecule has 102 valence electrons. The molecule has 0 aliphatic carbocycles. The summed E-state index contributed by atoms with van der Waals surface area (Å²) in [5.74, 6) is 1.92. The Bertz CT molecular complexity index is 524. The standard InChI is InChI=1S/C14H17NO3S/c1-9-10(2)19-13(15-9)8-18-14-11(16-3)6-5-7-12(14)17-4/h5-7H,8H2,1-4H3. The lowest BCUT2D eigenvalue weighted by molar-refractivity contribution is 0.265. The number of benzene rings is 1. The summed E-state index contributed by atoms with van der Waals surface area (Å²) in [5.41, 5.74) is 1.05. The maximum atomic E-state index is 5.80. The van der Waals surface area contributed by atoms with Crippen LogP contribution in [0.4, 0.5) is 0 Å². The fourth-order valence-electron chi connectivity index (χ4n) is 1.69. The van der Waals surface area contributed by atoms with E-state index in [1.54, 1.807) is 25.6 Å². The SMILES string of the molecule is COc1cccc(OC)c1OCc1nc(C)c(C)s1. The smallest absolute Gasteiger partial charge is 0.203 e. The highest BCUT2D eigenvalue weighted by Gasteiger charge is 2.12. The van der Waals surface area contributed by atoms with Gasteiger partial charge in [-0.05, 0) is 26.0 Å². The van der Waals surface area contributed by atoms with E-state index in [9.17, 15) is 0 Å². The molecule has 0 aliphatic rings. The Hall–Kier alpha value is -1.75. The minimum absolute atomic E-state index is 0.413. The van der Waals surface area contributed by atoms with Crippen LogP contribution in [0.2, 0.25) is 0 Å². The highest BCUT2D eigenvalue weighted by atomic mass is 32.1. The van der Waals surface area contributed by atoms with E-state index in [1.165, 1.54) is 4.88 Å². The molecule has 0 aliphatic heterocycles. The van der Waals surface area contributed by atoms with Crippen molar-refractivity contribution >= 4 is 11.3 Å². The first-order chi connectivity index (χ1) is 9.15. The number of aromatic nitrogens is 1. The van der Waals surface area contributed by atoms with Crippen molar-refractivity contribution in [2.45, 2.75) is 20.5 Å². The summed E-state index contributed by atoms with van der Waals surface area (Å²) in [4.78, 5) is 5.66. The predicted octanol–water partition coefficient (Wildman–Crippen LogP) is 3.36. The molecule has 0 unspecified atom stereocenters. The van der Waals surface area contributed by atoms with Crippen LogP contribution >= 0.6 is 11.3 Å². The molecule has 1 heterocycles. The van der Waals surface area contributed by atoms with Gasteiger partial charge in [0.2, 0.25) is 5.75 Å². The monoisotopic (exact) mass is 279 g/mol. The normalized spacial score (nSPS) is 10.3. The number of methoxy groups -OCH3 is 2. The molecule has 2 aromatic rings. The lowest BCUT2D eigenvalue weighted by Gasteiger charge is -2.13. The van der Waals surface area contributed by atoms with E-state index in [1.807, 2.05) is 25.1 Å². The van der Waals surface area contributed by atoms with E-state index < -0.39 is 0 Å². The molecule has 1 aromatic carbocycles. The maximum absolute atomic E-state index is 5.80. The first kappa shape index (κ1) is 13.7. The number of aryl methyl sites for hydroxylation is 2. The third-order valence-corrected chi connectivity index (χ3v) is 3.84. The summed E-state index contributed by atoms with van der Waals surface area (Å²) >= 11 is 1.64. The molecule has 0 saturated carbocycles. The van der Waals surface area contributed by atoms with E-state index in [4.69, 9.17) is 14.2 Å². The van der Waals surface area contributed by atoms with Crippen molar-refractivity contribution in [1.82, 2.24) is 4.98 Å². The maximum Gasteiger partial charge on any atom is 0.203 e. The van der Waals surface area contributed by atoms with Crippen LogP contribution in [0.1, 0.15) is 15.6 Å². The summed E-state index contributed by atoms with van der Waals surface area (Å²) in [6.45, 7) is 4.47. The highest BCUT2D eigenvalue weighted by Crippen LogP contribution is 2.37. The molecule has 0 radical (unpaired) electrons. The van der Waals surface area contributed by atoms with E-state index >= 15 is 0 Å². The molecule has 1 aromatic heterocycles. The Morgan fingerprint density at radius 1 is 1.11 bits per heavy atom. The Kier molecular flexibility index (Phi) is 4.27. The van der Waals surface area contributed by atoms with Crippen molar-refractivity contribution in [1.29, 1.82) is 0 Å².